The largest absolute Gasteiger partial charge is 0.409 e. The zero-order valence-corrected chi connectivity index (χ0v) is 18.1. The van der Waals surface area contributed by atoms with Crippen LogP contribution in [-0.2, 0) is 6.42 Å². The number of aryl methyl sites for hydroxylation is 1. The van der Waals surface area contributed by atoms with E-state index in [9.17, 15) is 26.3 Å². The van der Waals surface area contributed by atoms with Crippen LogP contribution in [-0.4, -0.2) is 6.18 Å². The lowest BCUT2D eigenvalue weighted by Gasteiger charge is -2.29. The van der Waals surface area contributed by atoms with Crippen LogP contribution in [0.3, 0.4) is 0 Å². The number of rotatable bonds is 7. The van der Waals surface area contributed by atoms with Crippen molar-refractivity contribution in [2.75, 3.05) is 0 Å². The van der Waals surface area contributed by atoms with Gasteiger partial charge >= 0.3 is 6.18 Å². The van der Waals surface area contributed by atoms with Gasteiger partial charge in [-0.3, -0.25) is 0 Å². The van der Waals surface area contributed by atoms with E-state index in [1.54, 1.807) is 6.07 Å². The average Bonchev–Trinajstić information content (AvgIpc) is 2.73. The predicted octanol–water partition coefficient (Wildman–Crippen LogP) is 8.85. The van der Waals surface area contributed by atoms with E-state index >= 15 is 0 Å². The Labute approximate surface area is 185 Å². The molecular formula is C26H28F6. The first-order chi connectivity index (χ1) is 15.2. The summed E-state index contributed by atoms with van der Waals surface area (Å²) in [6.07, 6.45) is 2.39. The number of benzene rings is 2. The highest BCUT2D eigenvalue weighted by molar-refractivity contribution is 5.52. The molecule has 32 heavy (non-hydrogen) atoms. The number of hydrogen-bond acceptors (Lipinski definition) is 0. The van der Waals surface area contributed by atoms with Crippen LogP contribution in [0.15, 0.2) is 36.4 Å². The van der Waals surface area contributed by atoms with Gasteiger partial charge in [0.15, 0.2) is 0 Å². The number of hydrogen-bond donors (Lipinski definition) is 0. The fraction of sp³-hybridized carbons (Fsp3) is 0.462. The Morgan fingerprint density at radius 2 is 1.47 bits per heavy atom. The molecule has 1 fully saturated rings. The molecule has 1 aliphatic rings. The Balaban J connectivity index is 1.65. The van der Waals surface area contributed by atoms with Crippen molar-refractivity contribution in [1.29, 1.82) is 0 Å². The molecule has 0 unspecified atom stereocenters. The summed E-state index contributed by atoms with van der Waals surface area (Å²) in [5.74, 6) is -2.26. The van der Waals surface area contributed by atoms with Crippen molar-refractivity contribution >= 4 is 6.08 Å². The summed E-state index contributed by atoms with van der Waals surface area (Å²) in [5.41, 5.74) is 1.43. The van der Waals surface area contributed by atoms with Crippen LogP contribution in [0.2, 0.25) is 0 Å². The molecule has 0 nitrogen and oxygen atoms in total. The number of alkyl halides is 3. The van der Waals surface area contributed by atoms with Gasteiger partial charge in [0.1, 0.15) is 17.5 Å². The Morgan fingerprint density at radius 3 is 2.03 bits per heavy atom. The molecule has 3 rings (SSSR count). The molecule has 2 aromatic rings. The molecular weight excluding hydrogens is 426 g/mol. The van der Waals surface area contributed by atoms with E-state index in [2.05, 4.69) is 6.92 Å². The second kappa shape index (κ2) is 10.6. The fourth-order valence-corrected chi connectivity index (χ4v) is 4.55. The average molecular weight is 454 g/mol. The van der Waals surface area contributed by atoms with Gasteiger partial charge in [0, 0.05) is 11.6 Å². The molecule has 0 radical (unpaired) electrons. The summed E-state index contributed by atoms with van der Waals surface area (Å²) in [6, 6.07) is 7.71. The van der Waals surface area contributed by atoms with E-state index < -0.39 is 23.4 Å². The van der Waals surface area contributed by atoms with Crippen molar-refractivity contribution in [1.82, 2.24) is 0 Å². The van der Waals surface area contributed by atoms with Crippen molar-refractivity contribution in [3.63, 3.8) is 0 Å². The van der Waals surface area contributed by atoms with Gasteiger partial charge in [-0.1, -0.05) is 31.9 Å². The van der Waals surface area contributed by atoms with E-state index in [1.165, 1.54) is 0 Å². The number of halogens is 6. The third-order valence-corrected chi connectivity index (χ3v) is 6.31. The lowest BCUT2D eigenvalue weighted by molar-refractivity contribution is -0.0790. The molecule has 0 heterocycles. The maximum Gasteiger partial charge on any atom is 0.409 e. The summed E-state index contributed by atoms with van der Waals surface area (Å²) >= 11 is 0. The maximum absolute atomic E-state index is 14.7. The highest BCUT2D eigenvalue weighted by atomic mass is 19.4. The third-order valence-electron chi connectivity index (χ3n) is 6.31. The zero-order chi connectivity index (χ0) is 23.3. The summed E-state index contributed by atoms with van der Waals surface area (Å²) in [6.45, 7) is 2.13. The van der Waals surface area contributed by atoms with E-state index in [0.717, 1.165) is 43.4 Å². The topological polar surface area (TPSA) is 0 Å². The van der Waals surface area contributed by atoms with Crippen molar-refractivity contribution in [3.8, 4) is 0 Å². The van der Waals surface area contributed by atoms with Gasteiger partial charge in [-0.05, 0) is 91.3 Å². The summed E-state index contributed by atoms with van der Waals surface area (Å²) in [7, 11) is 0. The summed E-state index contributed by atoms with van der Waals surface area (Å²) < 4.78 is 80.2. The van der Waals surface area contributed by atoms with Gasteiger partial charge in [-0.25, -0.2) is 13.2 Å². The lowest BCUT2D eigenvalue weighted by atomic mass is 9.75. The van der Waals surface area contributed by atoms with Crippen molar-refractivity contribution in [2.45, 2.75) is 76.3 Å². The molecule has 0 saturated heterocycles. The first-order valence-corrected chi connectivity index (χ1v) is 11.2. The Hall–Kier alpha value is -2.24. The molecule has 0 bridgehead atoms. The highest BCUT2D eigenvalue weighted by Gasteiger charge is 2.27. The van der Waals surface area contributed by atoms with Crippen LogP contribution in [0.25, 0.3) is 6.08 Å². The van der Waals surface area contributed by atoms with E-state index in [-0.39, 0.29) is 23.7 Å². The molecule has 174 valence electrons. The molecule has 0 N–H and O–H groups in total. The van der Waals surface area contributed by atoms with Gasteiger partial charge in [0.2, 0.25) is 0 Å². The summed E-state index contributed by atoms with van der Waals surface area (Å²) in [4.78, 5) is 0. The number of allylic oxidation sites excluding steroid dienone is 1. The minimum Gasteiger partial charge on any atom is -0.207 e. The molecule has 0 spiro atoms. The second-order valence-electron chi connectivity index (χ2n) is 8.63. The van der Waals surface area contributed by atoms with E-state index in [4.69, 9.17) is 0 Å². The fourth-order valence-electron chi connectivity index (χ4n) is 4.55. The van der Waals surface area contributed by atoms with Crippen LogP contribution in [0, 0.1) is 17.5 Å². The molecule has 1 saturated carbocycles. The molecule has 0 aliphatic heterocycles. The van der Waals surface area contributed by atoms with Crippen molar-refractivity contribution < 1.29 is 26.3 Å². The normalized spacial score (nSPS) is 19.6. The van der Waals surface area contributed by atoms with Gasteiger partial charge in [0.05, 0.1) is 0 Å². The molecule has 0 aromatic heterocycles. The highest BCUT2D eigenvalue weighted by Crippen LogP contribution is 2.42. The first kappa shape index (κ1) is 24.4. The Morgan fingerprint density at radius 1 is 0.844 bits per heavy atom. The van der Waals surface area contributed by atoms with Gasteiger partial charge in [-0.2, -0.15) is 13.2 Å². The Bertz CT molecular complexity index is 913. The molecule has 1 aliphatic carbocycles. The molecule has 6 heteroatoms. The summed E-state index contributed by atoms with van der Waals surface area (Å²) in [5, 5.41) is 0. The SMILES string of the molecule is CCCCCc1ccc(C2CCC(c3cc(F)c(/C=C/C(F)(F)F)c(F)c3)CC2)c(F)c1. The minimum atomic E-state index is -4.64. The second-order valence-corrected chi connectivity index (χ2v) is 8.63. The lowest BCUT2D eigenvalue weighted by Crippen LogP contribution is -2.14. The minimum absolute atomic E-state index is 0.0552. The first-order valence-electron chi connectivity index (χ1n) is 11.2. The maximum atomic E-state index is 14.7. The van der Waals surface area contributed by atoms with Crippen LogP contribution >= 0.6 is 0 Å². The predicted molar refractivity (Wildman–Crippen MR) is 115 cm³/mol. The van der Waals surface area contributed by atoms with E-state index in [1.807, 2.05) is 12.1 Å². The molecule has 2 aromatic carbocycles. The van der Waals surface area contributed by atoms with Crippen LogP contribution in [0.5, 0.6) is 0 Å². The smallest absolute Gasteiger partial charge is 0.207 e. The van der Waals surface area contributed by atoms with Crippen LogP contribution in [0.4, 0.5) is 26.3 Å². The van der Waals surface area contributed by atoms with Gasteiger partial charge in [-0.15, -0.1) is 0 Å². The van der Waals surface area contributed by atoms with Gasteiger partial charge in [0.25, 0.3) is 0 Å². The molecule has 0 amide bonds. The third kappa shape index (κ3) is 6.39. The quantitative estimate of drug-likeness (QED) is 0.290. The monoisotopic (exact) mass is 454 g/mol. The standard InChI is InChI=1S/C26H28F6/c1-2-3-4-5-17-6-11-21(23(27)14-17)19-9-7-18(8-10-19)20-15-24(28)22(25(29)16-20)12-13-26(30,31)32/h6,11-16,18-19H,2-5,7-10H2,1H3/b13-12+. The van der Waals surface area contributed by atoms with Gasteiger partial charge < -0.3 is 0 Å². The number of unbranched alkanes of at least 4 members (excludes halogenated alkanes) is 2. The Kier molecular flexibility index (Phi) is 8.07. The van der Waals surface area contributed by atoms with E-state index in [0.29, 0.717) is 42.9 Å². The van der Waals surface area contributed by atoms with Crippen LogP contribution in [0.1, 0.15) is 86.0 Å². The zero-order valence-electron chi connectivity index (χ0n) is 18.1. The van der Waals surface area contributed by atoms with Crippen LogP contribution < -0.4 is 0 Å². The van der Waals surface area contributed by atoms with Crippen molar-refractivity contribution in [3.05, 3.63) is 76.1 Å². The van der Waals surface area contributed by atoms with Crippen molar-refractivity contribution in [2.24, 2.45) is 0 Å². The molecule has 0 atom stereocenters.